The molecule has 0 aliphatic rings. The molecule has 0 aliphatic heterocycles. The van der Waals surface area contributed by atoms with Gasteiger partial charge in [-0.1, -0.05) is 37.3 Å². The number of amides is 1. The van der Waals surface area contributed by atoms with Crippen molar-refractivity contribution in [2.75, 3.05) is 5.32 Å². The van der Waals surface area contributed by atoms with E-state index in [4.69, 9.17) is 0 Å². The molecule has 1 heterocycles. The molecule has 10 heteroatoms. The summed E-state index contributed by atoms with van der Waals surface area (Å²) in [5.74, 6) is -1.21. The van der Waals surface area contributed by atoms with Crippen LogP contribution in [0.15, 0.2) is 29.2 Å². The first-order valence-corrected chi connectivity index (χ1v) is 10.5. The second-order valence-corrected chi connectivity index (χ2v) is 8.41. The third-order valence-corrected chi connectivity index (χ3v) is 6.43. The van der Waals surface area contributed by atoms with E-state index in [0.29, 0.717) is 5.13 Å². The summed E-state index contributed by atoms with van der Waals surface area (Å²) in [6.45, 7) is 5.47. The molecule has 0 aliphatic carbocycles. The zero-order valence-electron chi connectivity index (χ0n) is 14.7. The molecular weight excluding hydrogens is 379 g/mol. The number of nitrogens with one attached hydrogen (secondary N) is 2. The van der Waals surface area contributed by atoms with Crippen LogP contribution in [0.1, 0.15) is 44.5 Å². The minimum absolute atomic E-state index is 0.273. The molecule has 0 unspecified atom stereocenters. The number of hydrogen-bond acceptors (Lipinski definition) is 6. The smallest absolute Gasteiger partial charge is 0.244 e. The quantitative estimate of drug-likeness (QED) is 0.709. The Labute approximate surface area is 156 Å². The lowest BCUT2D eigenvalue weighted by atomic mass is 10.1. The van der Waals surface area contributed by atoms with Gasteiger partial charge in [-0.15, -0.1) is 10.2 Å². The molecule has 142 valence electrons. The van der Waals surface area contributed by atoms with Crippen molar-refractivity contribution in [3.8, 4) is 0 Å². The SMILES string of the molecule is CCC(CC)c1nnc(NC(=O)[C@H](C)NS(=O)(=O)c2ccccc2F)s1. The first kappa shape index (κ1) is 20.4. The summed E-state index contributed by atoms with van der Waals surface area (Å²) in [4.78, 5) is 11.7. The van der Waals surface area contributed by atoms with Crippen LogP contribution in [0.5, 0.6) is 0 Å². The number of nitrogens with zero attached hydrogens (tertiary/aromatic N) is 2. The van der Waals surface area contributed by atoms with Crippen LogP contribution in [0.25, 0.3) is 0 Å². The number of rotatable bonds is 8. The molecule has 0 fully saturated rings. The van der Waals surface area contributed by atoms with Crippen molar-refractivity contribution in [2.45, 2.75) is 50.5 Å². The molecular formula is C16H21FN4O3S2. The summed E-state index contributed by atoms with van der Waals surface area (Å²) in [6, 6.07) is 3.86. The number of hydrogen-bond donors (Lipinski definition) is 2. The maximum Gasteiger partial charge on any atom is 0.244 e. The molecule has 1 amide bonds. The second kappa shape index (κ2) is 8.65. The molecule has 0 spiro atoms. The maximum atomic E-state index is 13.7. The van der Waals surface area contributed by atoms with E-state index in [1.807, 2.05) is 13.8 Å². The average molecular weight is 401 g/mol. The van der Waals surface area contributed by atoms with Crippen LogP contribution in [0, 0.1) is 5.82 Å². The first-order valence-electron chi connectivity index (χ1n) is 8.19. The predicted octanol–water partition coefficient (Wildman–Crippen LogP) is 2.89. The van der Waals surface area contributed by atoms with Crippen LogP contribution in [0.3, 0.4) is 0 Å². The van der Waals surface area contributed by atoms with Crippen LogP contribution in [0.4, 0.5) is 9.52 Å². The van der Waals surface area contributed by atoms with E-state index in [9.17, 15) is 17.6 Å². The van der Waals surface area contributed by atoms with Gasteiger partial charge in [0.1, 0.15) is 15.7 Å². The number of sulfonamides is 1. The number of benzene rings is 1. The minimum Gasteiger partial charge on any atom is -0.299 e. The Morgan fingerprint density at radius 3 is 2.50 bits per heavy atom. The Balaban J connectivity index is 2.05. The van der Waals surface area contributed by atoms with Crippen molar-refractivity contribution in [1.82, 2.24) is 14.9 Å². The topological polar surface area (TPSA) is 101 Å². The molecule has 0 saturated heterocycles. The summed E-state index contributed by atoms with van der Waals surface area (Å²) >= 11 is 1.26. The van der Waals surface area contributed by atoms with Crippen molar-refractivity contribution < 1.29 is 17.6 Å². The lowest BCUT2D eigenvalue weighted by molar-refractivity contribution is -0.117. The van der Waals surface area contributed by atoms with E-state index in [1.54, 1.807) is 0 Å². The fraction of sp³-hybridized carbons (Fsp3) is 0.438. The Kier molecular flexibility index (Phi) is 6.79. The number of carbonyl (C=O) groups excluding carboxylic acids is 1. The van der Waals surface area contributed by atoms with Gasteiger partial charge in [0.05, 0.1) is 6.04 Å². The average Bonchev–Trinajstić information content (AvgIpc) is 3.04. The van der Waals surface area contributed by atoms with Crippen molar-refractivity contribution in [2.24, 2.45) is 0 Å². The Morgan fingerprint density at radius 2 is 1.88 bits per heavy atom. The highest BCUT2D eigenvalue weighted by Gasteiger charge is 2.25. The van der Waals surface area contributed by atoms with Crippen LogP contribution in [-0.2, 0) is 14.8 Å². The second-order valence-electron chi connectivity index (χ2n) is 5.72. The lowest BCUT2D eigenvalue weighted by Gasteiger charge is -2.13. The summed E-state index contributed by atoms with van der Waals surface area (Å²) in [7, 11) is -4.16. The van der Waals surface area contributed by atoms with E-state index in [0.717, 1.165) is 30.0 Å². The third kappa shape index (κ3) is 4.83. The van der Waals surface area contributed by atoms with Crippen LogP contribution < -0.4 is 10.0 Å². The minimum atomic E-state index is -4.16. The number of halogens is 1. The van der Waals surface area contributed by atoms with Gasteiger partial charge in [-0.05, 0) is 31.9 Å². The Hall–Kier alpha value is -1.91. The molecule has 2 aromatic rings. The van der Waals surface area contributed by atoms with Gasteiger partial charge in [0.25, 0.3) is 0 Å². The highest BCUT2D eigenvalue weighted by atomic mass is 32.2. The molecule has 0 bridgehead atoms. The zero-order valence-corrected chi connectivity index (χ0v) is 16.3. The van der Waals surface area contributed by atoms with Crippen molar-refractivity contribution in [3.05, 3.63) is 35.1 Å². The summed E-state index contributed by atoms with van der Waals surface area (Å²) in [6.07, 6.45) is 1.83. The highest BCUT2D eigenvalue weighted by Crippen LogP contribution is 2.28. The van der Waals surface area contributed by atoms with Crippen LogP contribution >= 0.6 is 11.3 Å². The molecule has 0 radical (unpaired) electrons. The van der Waals surface area contributed by atoms with Gasteiger partial charge >= 0.3 is 0 Å². The molecule has 1 aromatic carbocycles. The molecule has 26 heavy (non-hydrogen) atoms. The summed E-state index contributed by atoms with van der Waals surface area (Å²) < 4.78 is 40.3. The maximum absolute atomic E-state index is 13.7. The Morgan fingerprint density at radius 1 is 1.23 bits per heavy atom. The van der Waals surface area contributed by atoms with Gasteiger partial charge in [-0.3, -0.25) is 10.1 Å². The van der Waals surface area contributed by atoms with Gasteiger partial charge < -0.3 is 0 Å². The summed E-state index contributed by atoms with van der Waals surface area (Å²) in [5, 5.41) is 11.7. The monoisotopic (exact) mass is 400 g/mol. The molecule has 1 atom stereocenters. The van der Waals surface area contributed by atoms with Gasteiger partial charge in [-0.2, -0.15) is 4.72 Å². The predicted molar refractivity (Wildman–Crippen MR) is 98.0 cm³/mol. The van der Waals surface area contributed by atoms with E-state index in [2.05, 4.69) is 20.2 Å². The number of carbonyl (C=O) groups is 1. The van der Waals surface area contributed by atoms with Gasteiger partial charge in [0.15, 0.2) is 0 Å². The van der Waals surface area contributed by atoms with E-state index >= 15 is 0 Å². The third-order valence-electron chi connectivity index (χ3n) is 3.86. The highest BCUT2D eigenvalue weighted by molar-refractivity contribution is 7.89. The zero-order chi connectivity index (χ0) is 19.3. The van der Waals surface area contributed by atoms with E-state index in [1.165, 1.54) is 30.4 Å². The van der Waals surface area contributed by atoms with Crippen LogP contribution in [-0.4, -0.2) is 30.6 Å². The van der Waals surface area contributed by atoms with Gasteiger partial charge in [0.2, 0.25) is 21.1 Å². The fourth-order valence-corrected chi connectivity index (χ4v) is 4.61. The Bertz CT molecular complexity index is 866. The standard InChI is InChI=1S/C16H21FN4O3S2/c1-4-11(5-2)15-19-20-16(25-15)18-14(22)10(3)21-26(23,24)13-9-7-6-8-12(13)17/h6-11,21H,4-5H2,1-3H3,(H,18,20,22)/t10-/m0/s1. The molecule has 2 rings (SSSR count). The van der Waals surface area contributed by atoms with Gasteiger partial charge in [0, 0.05) is 5.92 Å². The number of aromatic nitrogens is 2. The normalized spacial score (nSPS) is 13.0. The van der Waals surface area contributed by atoms with Crippen LogP contribution in [0.2, 0.25) is 0 Å². The first-order chi connectivity index (χ1) is 12.3. The lowest BCUT2D eigenvalue weighted by Crippen LogP contribution is -2.41. The molecule has 0 saturated carbocycles. The van der Waals surface area contributed by atoms with Crippen molar-refractivity contribution in [3.63, 3.8) is 0 Å². The summed E-state index contributed by atoms with van der Waals surface area (Å²) in [5.41, 5.74) is 0. The molecule has 1 aromatic heterocycles. The molecule has 2 N–H and O–H groups in total. The van der Waals surface area contributed by atoms with Gasteiger partial charge in [-0.25, -0.2) is 12.8 Å². The van der Waals surface area contributed by atoms with Crippen molar-refractivity contribution in [1.29, 1.82) is 0 Å². The molecule has 7 nitrogen and oxygen atoms in total. The largest absolute Gasteiger partial charge is 0.299 e. The van der Waals surface area contributed by atoms with E-state index < -0.39 is 32.7 Å². The fourth-order valence-electron chi connectivity index (χ4n) is 2.31. The van der Waals surface area contributed by atoms with E-state index in [-0.39, 0.29) is 5.92 Å². The number of anilines is 1. The van der Waals surface area contributed by atoms with Crippen molar-refractivity contribution >= 4 is 32.4 Å².